The fourth-order valence-corrected chi connectivity index (χ4v) is 11.6. The summed E-state index contributed by atoms with van der Waals surface area (Å²) in [5, 5.41) is 15.6. The van der Waals surface area contributed by atoms with Crippen LogP contribution in [0.3, 0.4) is 0 Å². The van der Waals surface area contributed by atoms with Gasteiger partial charge >= 0.3 is 0 Å². The number of benzene rings is 2. The molecule has 2 saturated heterocycles. The molecule has 14 nitrogen and oxygen atoms in total. The number of fused-ring (bicyclic) bond motifs is 1. The van der Waals surface area contributed by atoms with Crippen LogP contribution in [0.2, 0.25) is 0 Å². The number of pyridine rings is 1. The molecule has 2 bridgehead atoms. The maximum Gasteiger partial charge on any atom is 0.293 e. The third-order valence-electron chi connectivity index (χ3n) is 13.8. The molecule has 1 amide bonds. The largest absolute Gasteiger partial charge is 0.455 e. The predicted octanol–water partition coefficient (Wildman–Crippen LogP) is 8.13. The van der Waals surface area contributed by atoms with Gasteiger partial charge in [-0.05, 0) is 91.2 Å². The predicted molar refractivity (Wildman–Crippen MR) is 230 cm³/mol. The summed E-state index contributed by atoms with van der Waals surface area (Å²) in [7, 11) is -4.62. The molecule has 324 valence electrons. The highest BCUT2D eigenvalue weighted by Crippen LogP contribution is 2.77. The zero-order valence-corrected chi connectivity index (χ0v) is 35.8. The number of carbonyl (C=O) groups excluding carboxylic acids is 1. The number of aromatic nitrogens is 2. The number of nitro groups is 1. The Labute approximate surface area is 355 Å². The van der Waals surface area contributed by atoms with Gasteiger partial charge in [-0.2, -0.15) is 0 Å². The number of sulfonamides is 1. The van der Waals surface area contributed by atoms with Crippen LogP contribution in [0.1, 0.15) is 82.5 Å². The molecule has 3 N–H and O–H groups in total. The Kier molecular flexibility index (Phi) is 10.4. The van der Waals surface area contributed by atoms with Crippen molar-refractivity contribution in [1.82, 2.24) is 19.6 Å². The standard InChI is InChI=1S/C45H54FN7O7S/c1-42(2)10-8-31(36(23-42)44-26-43(3,27-44)28-44)25-51-14-16-52(17-15-51)32-4-6-35(39(21-32)60-33-20-30-9-13-47-40(30)48-24-33)41(54)50-61(57,58)34-5-7-37(38(22-34)53(55)56)49-29-45(46)11-18-59-19-12-45/h4-7,9,13,20-22,24,49H,8,10-12,14-19,23,25-29H2,1-3H3,(H,47,48)(H,50,54). The lowest BCUT2D eigenvalue weighted by Crippen LogP contribution is -2.61. The van der Waals surface area contributed by atoms with Crippen molar-refractivity contribution in [3.63, 3.8) is 0 Å². The van der Waals surface area contributed by atoms with E-state index < -0.39 is 37.1 Å². The van der Waals surface area contributed by atoms with E-state index in [-0.39, 0.29) is 49.6 Å². The minimum Gasteiger partial charge on any atom is -0.455 e. The Balaban J connectivity index is 0.924. The number of anilines is 2. The Bertz CT molecular complexity index is 2500. The van der Waals surface area contributed by atoms with Gasteiger partial charge < -0.3 is 24.7 Å². The fraction of sp³-hybridized carbons (Fsp3) is 0.511. The summed E-state index contributed by atoms with van der Waals surface area (Å²) in [6, 6.07) is 11.9. The number of amides is 1. The number of H-pyrrole nitrogens is 1. The van der Waals surface area contributed by atoms with Gasteiger partial charge in [0.1, 0.15) is 28.5 Å². The van der Waals surface area contributed by atoms with E-state index in [1.807, 2.05) is 6.07 Å². The first-order valence-electron chi connectivity index (χ1n) is 21.3. The van der Waals surface area contributed by atoms with Gasteiger partial charge in [0, 0.05) is 94.7 Å². The van der Waals surface area contributed by atoms with Crippen LogP contribution in [0.5, 0.6) is 11.5 Å². The molecule has 0 atom stereocenters. The fourth-order valence-electron chi connectivity index (χ4n) is 10.6. The molecule has 2 aromatic carbocycles. The van der Waals surface area contributed by atoms with Crippen LogP contribution < -0.4 is 19.7 Å². The molecule has 2 aromatic heterocycles. The van der Waals surface area contributed by atoms with E-state index >= 15 is 4.39 Å². The summed E-state index contributed by atoms with van der Waals surface area (Å²) in [5.74, 6) is -0.517. The summed E-state index contributed by atoms with van der Waals surface area (Å²) in [6.07, 6.45) is 11.2. The Morgan fingerprint density at radius 3 is 2.49 bits per heavy atom. The highest BCUT2D eigenvalue weighted by molar-refractivity contribution is 7.90. The first-order chi connectivity index (χ1) is 29.0. The molecule has 5 fully saturated rings. The first kappa shape index (κ1) is 41.3. The van der Waals surface area contributed by atoms with Crippen molar-refractivity contribution in [3.05, 3.63) is 87.7 Å². The molecule has 0 radical (unpaired) electrons. The quantitative estimate of drug-likeness (QED) is 0.0674. The lowest BCUT2D eigenvalue weighted by atomic mass is 9.33. The second-order valence-electron chi connectivity index (χ2n) is 19.2. The molecular formula is C45H54FN7O7S. The second kappa shape index (κ2) is 15.4. The first-order valence-corrected chi connectivity index (χ1v) is 22.8. The summed E-state index contributed by atoms with van der Waals surface area (Å²) in [4.78, 5) is 37.0. The number of nitrogens with zero attached hydrogens (tertiary/aromatic N) is 4. The van der Waals surface area contributed by atoms with Crippen molar-refractivity contribution < 1.29 is 32.0 Å². The topological polar surface area (TPSA) is 172 Å². The molecule has 4 heterocycles. The molecule has 3 saturated carbocycles. The van der Waals surface area contributed by atoms with E-state index in [1.54, 1.807) is 35.5 Å². The minimum atomic E-state index is -4.62. The number of ether oxygens (including phenoxy) is 2. The number of alkyl halides is 1. The highest BCUT2D eigenvalue weighted by atomic mass is 32.2. The van der Waals surface area contributed by atoms with Gasteiger partial charge in [-0.25, -0.2) is 22.5 Å². The number of rotatable bonds is 13. The monoisotopic (exact) mass is 855 g/mol. The summed E-state index contributed by atoms with van der Waals surface area (Å²) < 4.78 is 56.2. The SMILES string of the molecule is CC1(C)CCC(CN2CCN(c3ccc(C(=O)NS(=O)(=O)c4ccc(NCC5(F)CCOCC5)c([N+](=O)[O-])c4)c(Oc4cnc5[nH]ccc5c4)c3)CC2)=C(C23CC(C)(C2)C3)C1. The van der Waals surface area contributed by atoms with Crippen LogP contribution >= 0.6 is 0 Å². The van der Waals surface area contributed by atoms with E-state index in [1.165, 1.54) is 56.9 Å². The smallest absolute Gasteiger partial charge is 0.293 e. The lowest BCUT2D eigenvalue weighted by molar-refractivity contribution is -0.384. The highest BCUT2D eigenvalue weighted by Gasteiger charge is 2.66. The number of hydrogen-bond acceptors (Lipinski definition) is 11. The number of allylic oxidation sites excluding steroid dienone is 1. The van der Waals surface area contributed by atoms with Crippen molar-refractivity contribution in [2.45, 2.75) is 82.7 Å². The van der Waals surface area contributed by atoms with Gasteiger partial charge in [0.2, 0.25) is 0 Å². The number of nitrogens with one attached hydrogen (secondary N) is 3. The summed E-state index contributed by atoms with van der Waals surface area (Å²) >= 11 is 0. The number of hydrogen-bond donors (Lipinski definition) is 3. The molecule has 4 aliphatic carbocycles. The van der Waals surface area contributed by atoms with Crippen molar-refractivity contribution >= 4 is 44.0 Å². The van der Waals surface area contributed by atoms with E-state index in [9.17, 15) is 23.3 Å². The second-order valence-corrected chi connectivity index (χ2v) is 20.8. The number of carbonyl (C=O) groups is 1. The van der Waals surface area contributed by atoms with Crippen LogP contribution in [-0.2, 0) is 14.8 Å². The van der Waals surface area contributed by atoms with Crippen molar-refractivity contribution in [3.8, 4) is 11.5 Å². The Hall–Kier alpha value is -5.06. The van der Waals surface area contributed by atoms with Crippen molar-refractivity contribution in [1.29, 1.82) is 0 Å². The van der Waals surface area contributed by atoms with Crippen molar-refractivity contribution in [2.24, 2.45) is 16.2 Å². The Morgan fingerprint density at radius 1 is 1.02 bits per heavy atom. The third-order valence-corrected chi connectivity index (χ3v) is 15.1. The Morgan fingerprint density at radius 2 is 1.77 bits per heavy atom. The maximum atomic E-state index is 15.2. The number of nitro benzene ring substituents is 1. The molecule has 10 rings (SSSR count). The molecule has 2 aliphatic heterocycles. The average molecular weight is 856 g/mol. The molecule has 0 spiro atoms. The van der Waals surface area contributed by atoms with Gasteiger partial charge in [-0.3, -0.25) is 19.8 Å². The van der Waals surface area contributed by atoms with E-state index in [4.69, 9.17) is 9.47 Å². The number of aromatic amines is 1. The zero-order chi connectivity index (χ0) is 42.8. The molecular weight excluding hydrogens is 802 g/mol. The van der Waals surface area contributed by atoms with E-state index in [2.05, 4.69) is 50.6 Å². The van der Waals surface area contributed by atoms with Gasteiger partial charge in [0.05, 0.1) is 21.6 Å². The van der Waals surface area contributed by atoms with E-state index in [0.717, 1.165) is 55.9 Å². The van der Waals surface area contributed by atoms with Crippen molar-refractivity contribution in [2.75, 3.05) is 62.7 Å². The van der Waals surface area contributed by atoms with Crippen LogP contribution in [-0.4, -0.2) is 92.3 Å². The van der Waals surface area contributed by atoms with Gasteiger partial charge in [-0.15, -0.1) is 0 Å². The molecule has 61 heavy (non-hydrogen) atoms. The zero-order valence-electron chi connectivity index (χ0n) is 35.0. The normalized spacial score (nSPS) is 24.8. The van der Waals surface area contributed by atoms with Crippen LogP contribution in [0.4, 0.5) is 21.5 Å². The molecule has 16 heteroatoms. The van der Waals surface area contributed by atoms with Crippen LogP contribution in [0.25, 0.3) is 11.0 Å². The molecule has 6 aliphatic rings. The number of piperazine rings is 1. The number of halogens is 1. The maximum absolute atomic E-state index is 15.2. The van der Waals surface area contributed by atoms with Gasteiger partial charge in [-0.1, -0.05) is 31.9 Å². The van der Waals surface area contributed by atoms with Crippen LogP contribution in [0, 0.1) is 26.4 Å². The lowest BCUT2D eigenvalue weighted by Gasteiger charge is -2.72. The van der Waals surface area contributed by atoms with Crippen LogP contribution in [0.15, 0.2) is 77.0 Å². The molecule has 0 unspecified atom stereocenters. The molecule has 4 aromatic rings. The third kappa shape index (κ3) is 8.33. The minimum absolute atomic E-state index is 0.0435. The average Bonchev–Trinajstić information content (AvgIpc) is 3.67. The van der Waals surface area contributed by atoms with Gasteiger partial charge in [0.15, 0.2) is 0 Å². The van der Waals surface area contributed by atoms with E-state index in [0.29, 0.717) is 27.6 Å². The summed E-state index contributed by atoms with van der Waals surface area (Å²) in [6.45, 7) is 11.8. The summed E-state index contributed by atoms with van der Waals surface area (Å²) in [5.41, 5.74) is 3.95. The van der Waals surface area contributed by atoms with Gasteiger partial charge in [0.25, 0.3) is 21.6 Å².